The van der Waals surface area contributed by atoms with Crippen LogP contribution in [-0.2, 0) is 19.9 Å². The minimum atomic E-state index is 0.275. The third kappa shape index (κ3) is 3.07. The molecule has 18 heavy (non-hydrogen) atoms. The summed E-state index contributed by atoms with van der Waals surface area (Å²) in [6.07, 6.45) is 4.17. The Morgan fingerprint density at radius 2 is 1.89 bits per heavy atom. The molecule has 0 radical (unpaired) electrons. The van der Waals surface area contributed by atoms with Gasteiger partial charge in [-0.05, 0) is 38.1 Å². The predicted octanol–water partition coefficient (Wildman–Crippen LogP) is 3.20. The lowest BCUT2D eigenvalue weighted by molar-refractivity contribution is 0.247. The van der Waals surface area contributed by atoms with Crippen molar-refractivity contribution in [3.8, 4) is 0 Å². The van der Waals surface area contributed by atoms with E-state index in [4.69, 9.17) is 11.6 Å². The van der Waals surface area contributed by atoms with E-state index in [9.17, 15) is 0 Å². The summed E-state index contributed by atoms with van der Waals surface area (Å²) < 4.78 is 1.96. The van der Waals surface area contributed by atoms with Crippen molar-refractivity contribution in [2.24, 2.45) is 12.5 Å². The lowest BCUT2D eigenvalue weighted by atomic mass is 9.78. The van der Waals surface area contributed by atoms with Gasteiger partial charge in [0.1, 0.15) is 0 Å². The van der Waals surface area contributed by atoms with E-state index in [0.29, 0.717) is 0 Å². The molecule has 0 aromatic carbocycles. The normalized spacial score (nSPS) is 12.1. The van der Waals surface area contributed by atoms with Crippen LogP contribution in [0.4, 0.5) is 0 Å². The summed E-state index contributed by atoms with van der Waals surface area (Å²) in [7, 11) is 4.01. The van der Waals surface area contributed by atoms with Crippen molar-refractivity contribution < 1.29 is 0 Å². The van der Waals surface area contributed by atoms with E-state index in [0.717, 1.165) is 42.9 Å². The quantitative estimate of drug-likeness (QED) is 0.825. The van der Waals surface area contributed by atoms with Crippen molar-refractivity contribution >= 4 is 11.6 Å². The summed E-state index contributed by atoms with van der Waals surface area (Å²) in [5.74, 6) is 0. The molecule has 0 atom stereocenters. The second kappa shape index (κ2) is 6.58. The van der Waals surface area contributed by atoms with Crippen molar-refractivity contribution in [2.45, 2.75) is 46.5 Å². The van der Waals surface area contributed by atoms with Crippen LogP contribution in [-0.4, -0.2) is 23.4 Å². The molecule has 0 unspecified atom stereocenters. The molecule has 1 rings (SSSR count). The Balaban J connectivity index is 3.04. The zero-order chi connectivity index (χ0) is 13.8. The average molecular weight is 272 g/mol. The van der Waals surface area contributed by atoms with Gasteiger partial charge in [-0.25, -0.2) is 0 Å². The molecule has 0 spiro atoms. The molecule has 0 amide bonds. The maximum atomic E-state index is 6.45. The molecule has 104 valence electrons. The highest BCUT2D eigenvalue weighted by Crippen LogP contribution is 2.33. The van der Waals surface area contributed by atoms with Gasteiger partial charge in [-0.3, -0.25) is 4.68 Å². The minimum absolute atomic E-state index is 0.275. The molecule has 0 aliphatic rings. The third-order valence-corrected chi connectivity index (χ3v) is 4.53. The number of hydrogen-bond acceptors (Lipinski definition) is 2. The summed E-state index contributed by atoms with van der Waals surface area (Å²) in [5.41, 5.74) is 2.46. The fourth-order valence-corrected chi connectivity index (χ4v) is 2.92. The monoisotopic (exact) mass is 271 g/mol. The molecule has 1 aromatic heterocycles. The first kappa shape index (κ1) is 15.5. The zero-order valence-electron chi connectivity index (χ0n) is 12.3. The maximum absolute atomic E-state index is 6.45. The first-order chi connectivity index (χ1) is 8.53. The van der Waals surface area contributed by atoms with Crippen molar-refractivity contribution in [2.75, 3.05) is 13.6 Å². The molecule has 1 heterocycles. The van der Waals surface area contributed by atoms with Crippen LogP contribution >= 0.6 is 11.6 Å². The van der Waals surface area contributed by atoms with Crippen LogP contribution < -0.4 is 5.32 Å². The maximum Gasteiger partial charge on any atom is 0.0849 e. The topological polar surface area (TPSA) is 29.9 Å². The first-order valence-corrected chi connectivity index (χ1v) is 7.26. The first-order valence-electron chi connectivity index (χ1n) is 6.88. The van der Waals surface area contributed by atoms with Crippen LogP contribution in [0, 0.1) is 5.41 Å². The summed E-state index contributed by atoms with van der Waals surface area (Å²) in [4.78, 5) is 0. The van der Waals surface area contributed by atoms with Crippen LogP contribution in [0.3, 0.4) is 0 Å². The molecular weight excluding hydrogens is 246 g/mol. The number of hydrogen-bond donors (Lipinski definition) is 1. The molecule has 4 heteroatoms. The highest BCUT2D eigenvalue weighted by Gasteiger charge is 2.29. The van der Waals surface area contributed by atoms with Crippen LogP contribution in [0.15, 0.2) is 0 Å². The lowest BCUT2D eigenvalue weighted by Crippen LogP contribution is -2.34. The Hall–Kier alpha value is -0.540. The van der Waals surface area contributed by atoms with Crippen LogP contribution in [0.5, 0.6) is 0 Å². The van der Waals surface area contributed by atoms with E-state index in [1.54, 1.807) is 0 Å². The molecule has 0 bridgehead atoms. The second-order valence-electron chi connectivity index (χ2n) is 5.10. The summed E-state index contributed by atoms with van der Waals surface area (Å²) in [6, 6.07) is 0. The Kier molecular flexibility index (Phi) is 5.67. The molecule has 0 fully saturated rings. The number of nitrogens with one attached hydrogen (secondary N) is 1. The van der Waals surface area contributed by atoms with Crippen LogP contribution in [0.25, 0.3) is 0 Å². The molecule has 1 N–H and O–H groups in total. The fraction of sp³-hybridized carbons (Fsp3) is 0.786. The van der Waals surface area contributed by atoms with Crippen molar-refractivity contribution in [3.05, 3.63) is 16.4 Å². The van der Waals surface area contributed by atoms with Gasteiger partial charge in [-0.15, -0.1) is 0 Å². The van der Waals surface area contributed by atoms with Gasteiger partial charge in [0.2, 0.25) is 0 Å². The number of halogens is 1. The second-order valence-corrected chi connectivity index (χ2v) is 5.48. The fourth-order valence-electron chi connectivity index (χ4n) is 2.55. The van der Waals surface area contributed by atoms with Gasteiger partial charge in [0.05, 0.1) is 16.4 Å². The van der Waals surface area contributed by atoms with Gasteiger partial charge in [-0.2, -0.15) is 5.10 Å². The summed E-state index contributed by atoms with van der Waals surface area (Å²) in [5, 5.41) is 8.69. The number of aryl methyl sites for hydroxylation is 2. The SMILES string of the molecule is CCc1nn(C)c(CC(CC)(CC)CNC)c1Cl. The van der Waals surface area contributed by atoms with Gasteiger partial charge in [0, 0.05) is 13.6 Å². The van der Waals surface area contributed by atoms with Gasteiger partial charge in [-0.1, -0.05) is 32.4 Å². The average Bonchev–Trinajstić information content (AvgIpc) is 2.65. The molecule has 3 nitrogen and oxygen atoms in total. The van der Waals surface area contributed by atoms with E-state index < -0.39 is 0 Å². The summed E-state index contributed by atoms with van der Waals surface area (Å²) >= 11 is 6.45. The van der Waals surface area contributed by atoms with Crippen molar-refractivity contribution in [3.63, 3.8) is 0 Å². The molecule has 0 aliphatic carbocycles. The van der Waals surface area contributed by atoms with Gasteiger partial charge in [0.15, 0.2) is 0 Å². The Bertz CT molecular complexity index is 381. The smallest absolute Gasteiger partial charge is 0.0849 e. The predicted molar refractivity (Wildman–Crippen MR) is 78.2 cm³/mol. The Morgan fingerprint density at radius 3 is 2.28 bits per heavy atom. The highest BCUT2D eigenvalue weighted by molar-refractivity contribution is 6.31. The molecule has 1 aromatic rings. The van der Waals surface area contributed by atoms with E-state index in [2.05, 4.69) is 31.2 Å². The van der Waals surface area contributed by atoms with E-state index in [-0.39, 0.29) is 5.41 Å². The number of rotatable bonds is 7. The van der Waals surface area contributed by atoms with Gasteiger partial charge in [0.25, 0.3) is 0 Å². The molecule has 0 saturated heterocycles. The third-order valence-electron chi connectivity index (χ3n) is 4.10. The van der Waals surface area contributed by atoms with Gasteiger partial charge < -0.3 is 5.32 Å². The highest BCUT2D eigenvalue weighted by atomic mass is 35.5. The molecule has 0 saturated carbocycles. The van der Waals surface area contributed by atoms with Gasteiger partial charge >= 0.3 is 0 Å². The lowest BCUT2D eigenvalue weighted by Gasteiger charge is -2.31. The summed E-state index contributed by atoms with van der Waals surface area (Å²) in [6.45, 7) is 7.62. The number of nitrogens with zero attached hydrogens (tertiary/aromatic N) is 2. The standard InChI is InChI=1S/C14H26ClN3/c1-6-11-13(15)12(18(5)17-11)9-14(7-2,8-3)10-16-4/h16H,6-10H2,1-5H3. The zero-order valence-corrected chi connectivity index (χ0v) is 13.1. The minimum Gasteiger partial charge on any atom is -0.319 e. The molecule has 0 aliphatic heterocycles. The Labute approximate surface area is 116 Å². The van der Waals surface area contributed by atoms with E-state index in [1.807, 2.05) is 18.8 Å². The van der Waals surface area contributed by atoms with E-state index in [1.165, 1.54) is 5.69 Å². The van der Waals surface area contributed by atoms with E-state index >= 15 is 0 Å². The van der Waals surface area contributed by atoms with Crippen molar-refractivity contribution in [1.82, 2.24) is 15.1 Å². The molecular formula is C14H26ClN3. The Morgan fingerprint density at radius 1 is 1.28 bits per heavy atom. The van der Waals surface area contributed by atoms with Crippen molar-refractivity contribution in [1.29, 1.82) is 0 Å². The largest absolute Gasteiger partial charge is 0.319 e. The van der Waals surface area contributed by atoms with Crippen LogP contribution in [0.1, 0.15) is 45.0 Å². The van der Waals surface area contributed by atoms with Crippen LogP contribution in [0.2, 0.25) is 5.02 Å². The number of aromatic nitrogens is 2.